The molecule has 8 atom stereocenters. The third-order valence-corrected chi connectivity index (χ3v) is 21.2. The average Bonchev–Trinajstić information content (AvgIpc) is 1.56. The summed E-state index contributed by atoms with van der Waals surface area (Å²) in [6, 6.07) is 31.1. The summed E-state index contributed by atoms with van der Waals surface area (Å²) in [6.07, 6.45) is 1.15. The molecule has 0 aromatic heterocycles. The number of cyclic esters (lactones) is 3. The van der Waals surface area contributed by atoms with Crippen molar-refractivity contribution in [2.75, 3.05) is 54.9 Å². The predicted octanol–water partition coefficient (Wildman–Crippen LogP) is 12.3. The minimum absolute atomic E-state index is 0. The SMILES string of the molecule is CC[C@]1(C)OC(=O)C(OC(C)C)=C1c1ccc(SOOC)cc1.CC[C@]1(C)OC(=S)C(OC(C)C)=C1c1ccc(SOOC)cc1.CC[C@]1(C)OC2(OCC(CO)O2)C(OC(C)C)=C1c1ccc(SOOC)cc1.CC[C@]1(C)OC2(OCC(COC(=O)CCC(=O)[O-])O2)C(OC(C)C)=C1c1ccc(SOOC)cc1.O=C1CCC(=O)O1.[Na+]. The fourth-order valence-electron chi connectivity index (χ4n) is 12.4. The van der Waals surface area contributed by atoms with Crippen molar-refractivity contribution in [3.63, 3.8) is 0 Å². The number of carbonyl (C=O) groups excluding carboxylic acids is 5. The number of aliphatic hydroxyl groups excluding tert-OH is 1. The number of thiocarbonyl (C=S) groups is 1. The number of carboxylic acids is 1. The summed E-state index contributed by atoms with van der Waals surface area (Å²) < 4.78 is 101. The number of aliphatic hydroxyl groups is 1. The zero-order chi connectivity index (χ0) is 85.3. The Morgan fingerprint density at radius 1 is 0.487 bits per heavy atom. The molecule has 0 bridgehead atoms. The van der Waals surface area contributed by atoms with E-state index in [0.29, 0.717) is 47.3 Å². The molecule has 2 spiro atoms. The quantitative estimate of drug-likeness (QED) is 0.00663. The summed E-state index contributed by atoms with van der Waals surface area (Å²) in [4.78, 5) is 76.6. The van der Waals surface area contributed by atoms with E-state index in [1.165, 1.54) is 28.4 Å². The van der Waals surface area contributed by atoms with Crippen molar-refractivity contribution < 1.29 is 167 Å². The van der Waals surface area contributed by atoms with Crippen molar-refractivity contribution in [3.05, 3.63) is 142 Å². The first kappa shape index (κ1) is 100. The molecular weight excluding hydrogens is 1630 g/mol. The van der Waals surface area contributed by atoms with Gasteiger partial charge in [-0.1, -0.05) is 76.2 Å². The maximum absolute atomic E-state index is 12.2. The van der Waals surface area contributed by atoms with Gasteiger partial charge in [-0.25, -0.2) is 24.3 Å². The van der Waals surface area contributed by atoms with E-state index in [9.17, 15) is 34.2 Å². The fraction of sp³-hybridized carbons (Fsp3) is 0.537. The van der Waals surface area contributed by atoms with Crippen LogP contribution in [0.1, 0.15) is 184 Å². The molecule has 11 rings (SSSR count). The Bertz CT molecular complexity index is 3960. The second kappa shape index (κ2) is 46.5. The third-order valence-electron chi connectivity index (χ3n) is 18.3. The molecule has 3 saturated heterocycles. The smallest absolute Gasteiger partial charge is 0.550 e. The van der Waals surface area contributed by atoms with E-state index in [0.717, 1.165) is 119 Å². The molecular formula is C82H107NaO29S5. The van der Waals surface area contributed by atoms with Crippen LogP contribution in [0.15, 0.2) is 140 Å². The Morgan fingerprint density at radius 3 is 1.14 bits per heavy atom. The first-order valence-corrected chi connectivity index (χ1v) is 41.3. The van der Waals surface area contributed by atoms with Crippen LogP contribution >= 0.6 is 60.4 Å². The number of rotatable bonds is 34. The summed E-state index contributed by atoms with van der Waals surface area (Å²) in [5.41, 5.74) is 4.60. The Hall–Kier alpha value is -5.72. The number of carboxylic acid groups (broad SMARTS) is 1. The Balaban J connectivity index is 0.000000237. The van der Waals surface area contributed by atoms with E-state index in [1.54, 1.807) is 0 Å². The van der Waals surface area contributed by atoms with Crippen molar-refractivity contribution >= 4 is 118 Å². The first-order valence-electron chi connectivity index (χ1n) is 37.9. The van der Waals surface area contributed by atoms with Gasteiger partial charge in [-0.15, -0.1) is 0 Å². The van der Waals surface area contributed by atoms with Crippen molar-refractivity contribution in [3.8, 4) is 0 Å². The monoisotopic (exact) mass is 1740 g/mol. The number of hydrogen-bond acceptors (Lipinski definition) is 34. The number of carbonyl (C=O) groups is 5. The van der Waals surface area contributed by atoms with Crippen LogP contribution < -0.4 is 34.7 Å². The molecule has 0 aliphatic carbocycles. The molecule has 1 N–H and O–H groups in total. The molecule has 0 radical (unpaired) electrons. The van der Waals surface area contributed by atoms with E-state index in [1.807, 2.05) is 201 Å². The van der Waals surface area contributed by atoms with Crippen LogP contribution in [0.2, 0.25) is 0 Å². The van der Waals surface area contributed by atoms with Gasteiger partial charge in [0.15, 0.2) is 17.3 Å². The van der Waals surface area contributed by atoms with Crippen LogP contribution in [0.25, 0.3) is 22.3 Å². The van der Waals surface area contributed by atoms with Crippen LogP contribution in [0, 0.1) is 0 Å². The molecule has 0 amide bonds. The summed E-state index contributed by atoms with van der Waals surface area (Å²) in [7, 11) is 5.83. The Labute approximate surface area is 729 Å². The van der Waals surface area contributed by atoms with E-state index >= 15 is 0 Å². The predicted molar refractivity (Wildman–Crippen MR) is 431 cm³/mol. The van der Waals surface area contributed by atoms with Gasteiger partial charge in [0.2, 0.25) is 10.8 Å². The van der Waals surface area contributed by atoms with Gasteiger partial charge in [0.25, 0.3) is 0 Å². The number of aliphatic carboxylic acids is 1. The van der Waals surface area contributed by atoms with Crippen LogP contribution in [0.5, 0.6) is 0 Å². The largest absolute Gasteiger partial charge is 1.00 e. The third kappa shape index (κ3) is 26.9. The molecule has 640 valence electrons. The number of benzene rings is 4. The van der Waals surface area contributed by atoms with Gasteiger partial charge in [0.05, 0.1) is 146 Å². The topological polar surface area (TPSA) is 332 Å². The molecule has 0 saturated carbocycles. The zero-order valence-electron chi connectivity index (χ0n) is 70.1. The first-order chi connectivity index (χ1) is 55.1. The summed E-state index contributed by atoms with van der Waals surface area (Å²) >= 11 is 9.90. The maximum Gasteiger partial charge on any atom is 1.00 e. The summed E-state index contributed by atoms with van der Waals surface area (Å²) in [6.45, 7) is 31.5. The second-order valence-electron chi connectivity index (χ2n) is 28.5. The maximum atomic E-state index is 12.2. The van der Waals surface area contributed by atoms with E-state index in [4.69, 9.17) is 91.1 Å². The van der Waals surface area contributed by atoms with Crippen molar-refractivity contribution in [1.82, 2.24) is 0 Å². The van der Waals surface area contributed by atoms with Crippen LogP contribution in [-0.4, -0.2) is 166 Å². The normalized spacial score (nSPS) is 24.5. The van der Waals surface area contributed by atoms with Crippen LogP contribution in [0.3, 0.4) is 0 Å². The molecule has 35 heteroatoms. The number of hydrogen-bond donors (Lipinski definition) is 1. The van der Waals surface area contributed by atoms with Crippen LogP contribution in [0.4, 0.5) is 0 Å². The van der Waals surface area contributed by atoms with E-state index in [-0.39, 0.29) is 99.7 Å². The van der Waals surface area contributed by atoms with Gasteiger partial charge in [-0.2, -0.15) is 17.3 Å². The molecule has 4 unspecified atom stereocenters. The minimum Gasteiger partial charge on any atom is -0.550 e. The number of ether oxygens (including phenoxy) is 14. The minimum atomic E-state index is -1.60. The van der Waals surface area contributed by atoms with Gasteiger partial charge in [0, 0.05) is 42.3 Å². The molecule has 3 fully saturated rings. The standard InChI is InChI=1S/C24H32O10S.C20H28O7S.C17H22O5S.C17H22O4S2.C4H4O3.Na/c1-6-23(4)21(16-7-9-18(10-8-16)35-34-28-5)22(31-15(2)3)24(33-23)30-14-17(32-24)13-29-20(27)12-11-19(25)26;1-6-19(4)17(14-7-9-16(10-8-14)28-27-22-5)18(24-13(2)3)20(26-19)23-12-15(11-21)25-20;1-6-17(4)14(15(16(18)21-17)20-11(2)3)12-7-9-13(10-8-12)23-22-19-5;1-6-17(4)14(15(16(22)20-17)19-11(2)3)12-7-9-13(10-8-12)23-21-18-5;5-3-1-2-4(6)7-3;/h7-10,15,17H,6,11-14H2,1-5H3,(H,25,26);7-10,13,15,21H,6,11-12H2,1-5H3;2*7-11H,6H2,1-5H3;1-2H2;/q;;;;;+1/p-1/t17?,23-,24?;15?,19-,20?;2*17-;;/m0000../s1. The molecule has 7 aliphatic rings. The van der Waals surface area contributed by atoms with E-state index < -0.39 is 82.8 Å². The zero-order valence-corrected chi connectivity index (χ0v) is 76.2. The van der Waals surface area contributed by atoms with Gasteiger partial charge < -0.3 is 81.3 Å². The molecule has 4 aromatic carbocycles. The molecule has 7 aliphatic heterocycles. The van der Waals surface area contributed by atoms with Crippen molar-refractivity contribution in [2.24, 2.45) is 0 Å². The molecule has 4 aromatic rings. The summed E-state index contributed by atoms with van der Waals surface area (Å²) in [5.74, 6) is -4.31. The van der Waals surface area contributed by atoms with Crippen molar-refractivity contribution in [2.45, 2.75) is 253 Å². The van der Waals surface area contributed by atoms with Gasteiger partial charge in [-0.3, -0.25) is 14.4 Å². The summed E-state index contributed by atoms with van der Waals surface area (Å²) in [5, 5.41) is 20.5. The average molecular weight is 1740 g/mol. The van der Waals surface area contributed by atoms with Gasteiger partial charge in [-0.05, 0) is 198 Å². The van der Waals surface area contributed by atoms with Crippen molar-refractivity contribution in [1.29, 1.82) is 0 Å². The number of esters is 4. The Kier molecular flexibility index (Phi) is 39.8. The fourth-order valence-corrected chi connectivity index (χ4v) is 14.3. The molecule has 117 heavy (non-hydrogen) atoms. The molecule has 29 nitrogen and oxygen atoms in total. The Morgan fingerprint density at radius 2 is 0.821 bits per heavy atom. The van der Waals surface area contributed by atoms with Crippen LogP contribution in [-0.2, 0) is 127 Å². The van der Waals surface area contributed by atoms with E-state index in [2.05, 4.69) is 31.2 Å². The second-order valence-corrected chi connectivity index (χ2v) is 31.9. The van der Waals surface area contributed by atoms with Gasteiger partial charge >= 0.3 is 65.4 Å². The molecule has 7 heterocycles. The van der Waals surface area contributed by atoms with Gasteiger partial charge in [0.1, 0.15) is 41.2 Å².